The van der Waals surface area contributed by atoms with Crippen molar-refractivity contribution < 1.29 is 4.79 Å². The van der Waals surface area contributed by atoms with Gasteiger partial charge in [0.25, 0.3) is 0 Å². The van der Waals surface area contributed by atoms with Crippen LogP contribution in [0.4, 0.5) is 0 Å². The molecule has 82 valence electrons. The average molecular weight is 226 g/mol. The lowest BCUT2D eigenvalue weighted by Crippen LogP contribution is -2.41. The van der Waals surface area contributed by atoms with Crippen molar-refractivity contribution in [3.63, 3.8) is 0 Å². The first-order chi connectivity index (χ1) is 6.95. The van der Waals surface area contributed by atoms with E-state index in [1.807, 2.05) is 45.0 Å². The summed E-state index contributed by atoms with van der Waals surface area (Å²) < 4.78 is 0. The van der Waals surface area contributed by atoms with Crippen LogP contribution in [0, 0.1) is 6.92 Å². The van der Waals surface area contributed by atoms with Gasteiger partial charge < -0.3 is 5.32 Å². The molecule has 0 aliphatic heterocycles. The summed E-state index contributed by atoms with van der Waals surface area (Å²) >= 11 is 5.46. The van der Waals surface area contributed by atoms with E-state index in [1.165, 1.54) is 5.56 Å². The van der Waals surface area contributed by atoms with Crippen LogP contribution < -0.4 is 5.32 Å². The Morgan fingerprint density at radius 1 is 1.33 bits per heavy atom. The van der Waals surface area contributed by atoms with Crippen LogP contribution in [0.1, 0.15) is 25.0 Å². The van der Waals surface area contributed by atoms with E-state index in [-0.39, 0.29) is 17.3 Å². The molecule has 0 bridgehead atoms. The SMILES string of the molecule is Cc1ccc(C(C)(C)NC(=O)CCl)cc1. The predicted octanol–water partition coefficient (Wildman–Crippen LogP) is 2.59. The van der Waals surface area contributed by atoms with Crippen molar-refractivity contribution in [1.29, 1.82) is 0 Å². The first-order valence-corrected chi connectivity index (χ1v) is 5.43. The van der Waals surface area contributed by atoms with Crippen LogP contribution in [-0.4, -0.2) is 11.8 Å². The van der Waals surface area contributed by atoms with E-state index in [2.05, 4.69) is 5.32 Å². The molecular formula is C12H16ClNO. The lowest BCUT2D eigenvalue weighted by atomic mass is 9.93. The van der Waals surface area contributed by atoms with E-state index in [0.717, 1.165) is 5.56 Å². The molecule has 1 amide bonds. The number of alkyl halides is 1. The number of benzene rings is 1. The van der Waals surface area contributed by atoms with Crippen molar-refractivity contribution in [2.24, 2.45) is 0 Å². The van der Waals surface area contributed by atoms with E-state index in [1.54, 1.807) is 0 Å². The third-order valence-corrected chi connectivity index (χ3v) is 2.59. The molecule has 0 aliphatic rings. The van der Waals surface area contributed by atoms with Crippen molar-refractivity contribution >= 4 is 17.5 Å². The largest absolute Gasteiger partial charge is 0.346 e. The highest BCUT2D eigenvalue weighted by Crippen LogP contribution is 2.20. The highest BCUT2D eigenvalue weighted by molar-refractivity contribution is 6.27. The Balaban J connectivity index is 2.85. The first kappa shape index (κ1) is 12.1. The fourth-order valence-corrected chi connectivity index (χ4v) is 1.49. The van der Waals surface area contributed by atoms with Crippen LogP contribution in [0.2, 0.25) is 0 Å². The van der Waals surface area contributed by atoms with Gasteiger partial charge in [0, 0.05) is 0 Å². The van der Waals surface area contributed by atoms with Gasteiger partial charge in [0.05, 0.1) is 5.54 Å². The van der Waals surface area contributed by atoms with Crippen LogP contribution in [0.25, 0.3) is 0 Å². The third-order valence-electron chi connectivity index (χ3n) is 2.35. The molecule has 0 saturated heterocycles. The maximum Gasteiger partial charge on any atom is 0.235 e. The van der Waals surface area contributed by atoms with Gasteiger partial charge in [-0.25, -0.2) is 0 Å². The fraction of sp³-hybridized carbons (Fsp3) is 0.417. The number of nitrogens with one attached hydrogen (secondary N) is 1. The second-order valence-corrected chi connectivity index (χ2v) is 4.44. The minimum Gasteiger partial charge on any atom is -0.346 e. The van der Waals surface area contributed by atoms with Crippen molar-refractivity contribution in [2.45, 2.75) is 26.3 Å². The molecule has 0 radical (unpaired) electrons. The molecule has 1 aromatic rings. The van der Waals surface area contributed by atoms with E-state index in [4.69, 9.17) is 11.6 Å². The van der Waals surface area contributed by atoms with Gasteiger partial charge in [-0.1, -0.05) is 29.8 Å². The zero-order chi connectivity index (χ0) is 11.5. The van der Waals surface area contributed by atoms with Gasteiger partial charge >= 0.3 is 0 Å². The lowest BCUT2D eigenvalue weighted by Gasteiger charge is -2.26. The number of halogens is 1. The van der Waals surface area contributed by atoms with Gasteiger partial charge in [0.15, 0.2) is 0 Å². The summed E-state index contributed by atoms with van der Waals surface area (Å²) in [6.45, 7) is 5.96. The molecule has 0 spiro atoms. The quantitative estimate of drug-likeness (QED) is 0.788. The lowest BCUT2D eigenvalue weighted by molar-refractivity contribution is -0.120. The zero-order valence-corrected chi connectivity index (χ0v) is 10.1. The molecular weight excluding hydrogens is 210 g/mol. The van der Waals surface area contributed by atoms with Crippen LogP contribution in [-0.2, 0) is 10.3 Å². The molecule has 1 rings (SSSR count). The number of carbonyl (C=O) groups is 1. The summed E-state index contributed by atoms with van der Waals surface area (Å²) in [4.78, 5) is 11.2. The Hall–Kier alpha value is -1.02. The van der Waals surface area contributed by atoms with Crippen molar-refractivity contribution in [2.75, 3.05) is 5.88 Å². The van der Waals surface area contributed by atoms with Gasteiger partial charge in [-0.3, -0.25) is 4.79 Å². The van der Waals surface area contributed by atoms with Crippen molar-refractivity contribution in [3.8, 4) is 0 Å². The summed E-state index contributed by atoms with van der Waals surface area (Å²) in [5.74, 6) is -0.155. The monoisotopic (exact) mass is 225 g/mol. The van der Waals surface area contributed by atoms with Gasteiger partial charge in [-0.2, -0.15) is 0 Å². The number of rotatable bonds is 3. The number of hydrogen-bond donors (Lipinski definition) is 1. The molecule has 0 saturated carbocycles. The second-order valence-electron chi connectivity index (χ2n) is 4.17. The van der Waals surface area contributed by atoms with Crippen LogP contribution >= 0.6 is 11.6 Å². The molecule has 0 atom stereocenters. The molecule has 0 fully saturated rings. The van der Waals surface area contributed by atoms with E-state index in [9.17, 15) is 4.79 Å². The molecule has 0 unspecified atom stereocenters. The molecule has 15 heavy (non-hydrogen) atoms. The second kappa shape index (κ2) is 4.67. The molecule has 0 aromatic heterocycles. The maximum atomic E-state index is 11.2. The van der Waals surface area contributed by atoms with Crippen LogP contribution in [0.3, 0.4) is 0 Å². The minimum absolute atomic E-state index is 0.00467. The van der Waals surface area contributed by atoms with E-state index >= 15 is 0 Å². The molecule has 3 heteroatoms. The van der Waals surface area contributed by atoms with Gasteiger partial charge in [0.2, 0.25) is 5.91 Å². The third kappa shape index (κ3) is 3.24. The highest BCUT2D eigenvalue weighted by atomic mass is 35.5. The normalized spacial score (nSPS) is 11.2. The number of aryl methyl sites for hydroxylation is 1. The van der Waals surface area contributed by atoms with Crippen molar-refractivity contribution in [1.82, 2.24) is 5.32 Å². The Kier molecular flexibility index (Phi) is 3.75. The maximum absolute atomic E-state index is 11.2. The summed E-state index contributed by atoms with van der Waals surface area (Å²) in [7, 11) is 0. The molecule has 0 heterocycles. The zero-order valence-electron chi connectivity index (χ0n) is 9.30. The topological polar surface area (TPSA) is 29.1 Å². The Morgan fingerprint density at radius 3 is 2.33 bits per heavy atom. The molecule has 1 N–H and O–H groups in total. The standard InChI is InChI=1S/C12H16ClNO/c1-9-4-6-10(7-5-9)12(2,3)14-11(15)8-13/h4-7H,8H2,1-3H3,(H,14,15). The molecule has 1 aromatic carbocycles. The number of carbonyl (C=O) groups excluding carboxylic acids is 1. The van der Waals surface area contributed by atoms with Gasteiger partial charge in [0.1, 0.15) is 5.88 Å². The summed E-state index contributed by atoms with van der Waals surface area (Å²) in [5, 5.41) is 2.87. The number of amides is 1. The first-order valence-electron chi connectivity index (χ1n) is 4.90. The summed E-state index contributed by atoms with van der Waals surface area (Å²) in [5.41, 5.74) is 1.91. The predicted molar refractivity (Wildman–Crippen MR) is 63.1 cm³/mol. The highest BCUT2D eigenvalue weighted by Gasteiger charge is 2.21. The van der Waals surface area contributed by atoms with Gasteiger partial charge in [-0.15, -0.1) is 11.6 Å². The van der Waals surface area contributed by atoms with E-state index < -0.39 is 0 Å². The van der Waals surface area contributed by atoms with E-state index in [0.29, 0.717) is 0 Å². The van der Waals surface area contributed by atoms with Crippen LogP contribution in [0.15, 0.2) is 24.3 Å². The van der Waals surface area contributed by atoms with Crippen molar-refractivity contribution in [3.05, 3.63) is 35.4 Å². The number of hydrogen-bond acceptors (Lipinski definition) is 1. The summed E-state index contributed by atoms with van der Waals surface area (Å²) in [6.07, 6.45) is 0. The molecule has 0 aliphatic carbocycles. The summed E-state index contributed by atoms with van der Waals surface area (Å²) in [6, 6.07) is 8.10. The van der Waals surface area contributed by atoms with Gasteiger partial charge in [-0.05, 0) is 26.3 Å². The average Bonchev–Trinajstić information content (AvgIpc) is 2.17. The minimum atomic E-state index is -0.375. The Bertz CT molecular complexity index is 343. The Labute approximate surface area is 95.6 Å². The Morgan fingerprint density at radius 2 is 1.87 bits per heavy atom. The fourth-order valence-electron chi connectivity index (χ4n) is 1.42. The van der Waals surface area contributed by atoms with Crippen LogP contribution in [0.5, 0.6) is 0 Å². The molecule has 2 nitrogen and oxygen atoms in total. The smallest absolute Gasteiger partial charge is 0.235 e.